The van der Waals surface area contributed by atoms with E-state index in [1.165, 1.54) is 6.92 Å². The van der Waals surface area contributed by atoms with Crippen molar-refractivity contribution in [3.63, 3.8) is 0 Å². The van der Waals surface area contributed by atoms with Gasteiger partial charge in [0.1, 0.15) is 22.9 Å². The standard InChI is InChI=1S/C31H43N3O6/c1-8-9-30(4,33)13-16-12-17(14(2)3)18-10-15-11-19-22(27(37)20(15)26(36)21(18)25(16)35)31(5,40)23(29(32)39)28(38)24(19)34(6)7/h8,12,14-15,19,22,24,35-36,38,40H,1,9-11,13,33H2,2-7H3,(H2,32,39)/t15?,19?,22?,24-,30?,31?/m0/s1. The van der Waals surface area contributed by atoms with Gasteiger partial charge in [0, 0.05) is 11.1 Å². The maximum atomic E-state index is 14.2. The van der Waals surface area contributed by atoms with Gasteiger partial charge in [-0.1, -0.05) is 26.0 Å². The number of aliphatic hydroxyl groups is 3. The highest BCUT2D eigenvalue weighted by molar-refractivity contribution is 6.08. The Labute approximate surface area is 235 Å². The first-order chi connectivity index (χ1) is 18.5. The van der Waals surface area contributed by atoms with Gasteiger partial charge in [0.25, 0.3) is 5.91 Å². The Morgan fingerprint density at radius 2 is 1.93 bits per heavy atom. The fourth-order valence-corrected chi connectivity index (χ4v) is 7.53. The minimum Gasteiger partial charge on any atom is -0.510 e. The van der Waals surface area contributed by atoms with E-state index in [-0.39, 0.29) is 34.3 Å². The highest BCUT2D eigenvalue weighted by Crippen LogP contribution is 2.55. The Hall–Kier alpha value is -3.14. The summed E-state index contributed by atoms with van der Waals surface area (Å²) in [4.78, 5) is 28.3. The van der Waals surface area contributed by atoms with E-state index in [1.807, 2.05) is 26.8 Å². The minimum atomic E-state index is -2.05. The summed E-state index contributed by atoms with van der Waals surface area (Å²) in [6.45, 7) is 11.0. The largest absolute Gasteiger partial charge is 0.510 e. The molecule has 8 N–H and O–H groups in total. The number of aromatic hydroxyl groups is 1. The summed E-state index contributed by atoms with van der Waals surface area (Å²) >= 11 is 0. The summed E-state index contributed by atoms with van der Waals surface area (Å²) < 4.78 is 0. The van der Waals surface area contributed by atoms with Crippen molar-refractivity contribution >= 4 is 17.4 Å². The molecule has 0 spiro atoms. The second-order valence-corrected chi connectivity index (χ2v) is 12.9. The molecule has 6 atom stereocenters. The number of primary amides is 1. The molecule has 0 heterocycles. The molecule has 9 heteroatoms. The molecular formula is C31H43N3O6. The Bertz CT molecular complexity index is 1340. The average Bonchev–Trinajstić information content (AvgIpc) is 2.78. The third-order valence-corrected chi connectivity index (χ3v) is 9.09. The maximum absolute atomic E-state index is 14.2. The number of fused-ring (bicyclic) bond motifs is 3. The fraction of sp³-hybridized carbons (Fsp3) is 0.548. The molecule has 5 unspecified atom stereocenters. The number of hydrogen-bond acceptors (Lipinski definition) is 8. The van der Waals surface area contributed by atoms with Gasteiger partial charge in [-0.2, -0.15) is 0 Å². The Balaban J connectivity index is 1.94. The van der Waals surface area contributed by atoms with Crippen LogP contribution in [0.15, 0.2) is 35.6 Å². The van der Waals surface area contributed by atoms with Crippen molar-refractivity contribution in [1.29, 1.82) is 0 Å². The molecule has 3 aliphatic rings. The zero-order chi connectivity index (χ0) is 30.1. The first-order valence-corrected chi connectivity index (χ1v) is 13.8. The van der Waals surface area contributed by atoms with Crippen LogP contribution in [-0.2, 0) is 22.4 Å². The van der Waals surface area contributed by atoms with Gasteiger partial charge >= 0.3 is 0 Å². The molecular weight excluding hydrogens is 510 g/mol. The van der Waals surface area contributed by atoms with Crippen LogP contribution in [0.4, 0.5) is 0 Å². The first kappa shape index (κ1) is 29.8. The SMILES string of the molecule is C=CCC(C)(N)Cc1cc(C(C)C)c2c(c1O)C(O)=C1C(=O)C3C(CC1C2)[C@H](N(C)C)C(O)=C(C(N)=O)C3(C)O. The van der Waals surface area contributed by atoms with E-state index in [0.717, 1.165) is 11.1 Å². The highest BCUT2D eigenvalue weighted by Gasteiger charge is 2.60. The number of benzene rings is 1. The number of amides is 1. The number of ketones is 1. The van der Waals surface area contributed by atoms with Crippen molar-refractivity contribution in [2.45, 2.75) is 76.5 Å². The third-order valence-electron chi connectivity index (χ3n) is 9.09. The van der Waals surface area contributed by atoms with E-state index in [9.17, 15) is 30.0 Å². The van der Waals surface area contributed by atoms with Gasteiger partial charge in [0.15, 0.2) is 5.78 Å². The topological polar surface area (TPSA) is 170 Å². The lowest BCUT2D eigenvalue weighted by Gasteiger charge is -2.52. The van der Waals surface area contributed by atoms with E-state index >= 15 is 0 Å². The number of carbonyl (C=O) groups is 2. The van der Waals surface area contributed by atoms with Crippen LogP contribution >= 0.6 is 0 Å². The number of allylic oxidation sites excluding steroid dienone is 1. The summed E-state index contributed by atoms with van der Waals surface area (Å²) in [5, 5.41) is 45.9. The number of carbonyl (C=O) groups excluding carboxylic acids is 2. The molecule has 1 fully saturated rings. The average molecular weight is 554 g/mol. The second-order valence-electron chi connectivity index (χ2n) is 12.9. The fourth-order valence-electron chi connectivity index (χ4n) is 7.53. The van der Waals surface area contributed by atoms with Gasteiger partial charge in [0.2, 0.25) is 0 Å². The van der Waals surface area contributed by atoms with Gasteiger partial charge in [-0.3, -0.25) is 14.5 Å². The van der Waals surface area contributed by atoms with Gasteiger partial charge in [-0.15, -0.1) is 6.58 Å². The zero-order valence-electron chi connectivity index (χ0n) is 24.3. The number of nitrogens with two attached hydrogens (primary N) is 2. The minimum absolute atomic E-state index is 0.0629. The molecule has 1 saturated carbocycles. The molecule has 4 rings (SSSR count). The van der Waals surface area contributed by atoms with Crippen LogP contribution in [0.25, 0.3) is 5.76 Å². The molecule has 0 aliphatic heterocycles. The quantitative estimate of drug-likeness (QED) is 0.280. The monoisotopic (exact) mass is 553 g/mol. The molecule has 9 nitrogen and oxygen atoms in total. The molecule has 218 valence electrons. The van der Waals surface area contributed by atoms with Crippen molar-refractivity contribution in [2.24, 2.45) is 29.2 Å². The summed E-state index contributed by atoms with van der Waals surface area (Å²) in [6.07, 6.45) is 3.33. The number of likely N-dealkylation sites (N-methyl/N-ethyl adjacent to an activating group) is 1. The molecule has 3 aliphatic carbocycles. The van der Waals surface area contributed by atoms with Crippen LogP contribution in [0, 0.1) is 17.8 Å². The summed E-state index contributed by atoms with van der Waals surface area (Å²) in [7, 11) is 3.46. The number of phenols is 1. The van der Waals surface area contributed by atoms with Crippen LogP contribution in [-0.4, -0.2) is 68.3 Å². The lowest BCUT2D eigenvalue weighted by molar-refractivity contribution is -0.139. The third kappa shape index (κ3) is 4.54. The van der Waals surface area contributed by atoms with Crippen molar-refractivity contribution in [1.82, 2.24) is 4.90 Å². The smallest absolute Gasteiger partial charge is 0.251 e. The summed E-state index contributed by atoms with van der Waals surface area (Å²) in [5.41, 5.74) is 11.6. The molecule has 0 radical (unpaired) electrons. The molecule has 40 heavy (non-hydrogen) atoms. The van der Waals surface area contributed by atoms with Crippen molar-refractivity contribution < 1.29 is 30.0 Å². The zero-order valence-corrected chi connectivity index (χ0v) is 24.3. The normalized spacial score (nSPS) is 29.7. The van der Waals surface area contributed by atoms with Crippen LogP contribution in [0.3, 0.4) is 0 Å². The predicted molar refractivity (Wildman–Crippen MR) is 154 cm³/mol. The molecule has 0 saturated heterocycles. The van der Waals surface area contributed by atoms with Gasteiger partial charge < -0.3 is 31.9 Å². The lowest BCUT2D eigenvalue weighted by Crippen LogP contribution is -2.61. The molecule has 1 aromatic rings. The lowest BCUT2D eigenvalue weighted by atomic mass is 9.55. The summed E-state index contributed by atoms with van der Waals surface area (Å²) in [5.74, 6) is -4.32. The van der Waals surface area contributed by atoms with E-state index < -0.39 is 52.2 Å². The van der Waals surface area contributed by atoms with E-state index in [4.69, 9.17) is 11.5 Å². The maximum Gasteiger partial charge on any atom is 0.251 e. The van der Waals surface area contributed by atoms with Gasteiger partial charge in [0.05, 0.1) is 23.1 Å². The highest BCUT2D eigenvalue weighted by atomic mass is 16.3. The van der Waals surface area contributed by atoms with Crippen LogP contribution in [0.5, 0.6) is 5.75 Å². The first-order valence-electron chi connectivity index (χ1n) is 13.8. The van der Waals surface area contributed by atoms with E-state index in [2.05, 4.69) is 6.58 Å². The van der Waals surface area contributed by atoms with Gasteiger partial charge in [-0.25, -0.2) is 0 Å². The number of hydrogen-bond donors (Lipinski definition) is 6. The number of Topliss-reactive ketones (excluding diaryl/α,β-unsaturated/α-hetero) is 1. The van der Waals surface area contributed by atoms with Crippen LogP contribution in [0.1, 0.15) is 68.7 Å². The van der Waals surface area contributed by atoms with Crippen LogP contribution < -0.4 is 11.5 Å². The van der Waals surface area contributed by atoms with Crippen molar-refractivity contribution in [2.75, 3.05) is 14.1 Å². The molecule has 1 amide bonds. The van der Waals surface area contributed by atoms with Gasteiger partial charge in [-0.05, 0) is 88.1 Å². The van der Waals surface area contributed by atoms with Crippen molar-refractivity contribution in [3.8, 4) is 5.75 Å². The number of nitrogens with zero attached hydrogens (tertiary/aromatic N) is 1. The van der Waals surface area contributed by atoms with E-state index in [1.54, 1.807) is 25.1 Å². The van der Waals surface area contributed by atoms with E-state index in [0.29, 0.717) is 31.2 Å². The predicted octanol–water partition coefficient (Wildman–Crippen LogP) is 2.99. The van der Waals surface area contributed by atoms with Crippen molar-refractivity contribution in [3.05, 3.63) is 57.9 Å². The molecule has 0 aromatic heterocycles. The molecule has 0 bridgehead atoms. The molecule has 1 aromatic carbocycles. The Kier molecular flexibility index (Phi) is 7.49. The number of phenolic OH excluding ortho intramolecular Hbond substituents is 1. The second kappa shape index (κ2) is 10.0. The Morgan fingerprint density at radius 3 is 2.45 bits per heavy atom. The summed E-state index contributed by atoms with van der Waals surface area (Å²) in [6, 6.07) is 1.22. The van der Waals surface area contributed by atoms with Crippen LogP contribution in [0.2, 0.25) is 0 Å². The number of rotatable bonds is 7. The number of aliphatic hydroxyl groups excluding tert-OH is 2. The Morgan fingerprint density at radius 1 is 1.30 bits per heavy atom.